The van der Waals surface area contributed by atoms with Gasteiger partial charge in [-0.25, -0.2) is 9.59 Å². The number of carbonyl (C=O) groups excluding carboxylic acids is 3. The summed E-state index contributed by atoms with van der Waals surface area (Å²) in [6.45, 7) is 1.70. The van der Waals surface area contributed by atoms with Crippen LogP contribution in [0.3, 0.4) is 0 Å². The van der Waals surface area contributed by atoms with Crippen molar-refractivity contribution in [3.63, 3.8) is 0 Å². The molecule has 0 spiro atoms. The molecule has 0 heterocycles. The Bertz CT molecular complexity index is 515. The van der Waals surface area contributed by atoms with Crippen LogP contribution in [0.5, 0.6) is 0 Å². The number of nitrogens with one attached hydrogen (secondary N) is 1. The Morgan fingerprint density at radius 2 is 2.05 bits per heavy atom. The molecule has 0 saturated carbocycles. The lowest BCUT2D eigenvalue weighted by Gasteiger charge is -2.12. The molecule has 3 N–H and O–H groups in total. The molecule has 1 aromatic rings. The molecule has 0 fully saturated rings. The summed E-state index contributed by atoms with van der Waals surface area (Å²) in [5.74, 6) is -1.45. The molecule has 7 heteroatoms. The van der Waals surface area contributed by atoms with Crippen molar-refractivity contribution in [2.75, 3.05) is 7.11 Å². The zero-order valence-electron chi connectivity index (χ0n) is 11.2. The maximum absolute atomic E-state index is 11.8. The molecule has 0 aliphatic heterocycles. The molecule has 0 unspecified atom stereocenters. The third-order valence-corrected chi connectivity index (χ3v) is 2.37. The molecule has 0 saturated heterocycles. The maximum Gasteiger partial charge on any atom is 0.338 e. The SMILES string of the molecule is COCc1cccc(C(=O)O[C@@H](C)C(=O)NC(N)=O)c1. The quantitative estimate of drug-likeness (QED) is 0.767. The van der Waals surface area contributed by atoms with Gasteiger partial charge in [-0.1, -0.05) is 12.1 Å². The highest BCUT2D eigenvalue weighted by atomic mass is 16.5. The van der Waals surface area contributed by atoms with Gasteiger partial charge in [-0.15, -0.1) is 0 Å². The smallest absolute Gasteiger partial charge is 0.338 e. The summed E-state index contributed by atoms with van der Waals surface area (Å²) in [7, 11) is 1.54. The van der Waals surface area contributed by atoms with E-state index in [4.69, 9.17) is 15.2 Å². The summed E-state index contributed by atoms with van der Waals surface area (Å²) in [5.41, 5.74) is 5.89. The minimum absolute atomic E-state index is 0.290. The molecule has 1 aromatic carbocycles. The number of esters is 1. The largest absolute Gasteiger partial charge is 0.449 e. The molecule has 0 radical (unpaired) electrons. The van der Waals surface area contributed by atoms with E-state index in [-0.39, 0.29) is 0 Å². The van der Waals surface area contributed by atoms with Crippen molar-refractivity contribution in [1.82, 2.24) is 5.32 Å². The number of amides is 3. The van der Waals surface area contributed by atoms with Crippen LogP contribution >= 0.6 is 0 Å². The topological polar surface area (TPSA) is 108 Å². The Morgan fingerprint density at radius 3 is 2.65 bits per heavy atom. The summed E-state index contributed by atoms with van der Waals surface area (Å²) in [5, 5.41) is 1.83. The van der Waals surface area contributed by atoms with E-state index in [1.165, 1.54) is 6.92 Å². The average molecular weight is 280 g/mol. The van der Waals surface area contributed by atoms with Gasteiger partial charge in [-0.2, -0.15) is 0 Å². The van der Waals surface area contributed by atoms with E-state index >= 15 is 0 Å². The van der Waals surface area contributed by atoms with E-state index < -0.39 is 24.0 Å². The number of imide groups is 1. The van der Waals surface area contributed by atoms with Crippen LogP contribution in [0, 0.1) is 0 Å². The van der Waals surface area contributed by atoms with Gasteiger partial charge in [-0.3, -0.25) is 10.1 Å². The zero-order chi connectivity index (χ0) is 15.1. The molecule has 0 aliphatic rings. The average Bonchev–Trinajstić information content (AvgIpc) is 2.38. The van der Waals surface area contributed by atoms with Gasteiger partial charge >= 0.3 is 12.0 Å². The molecule has 0 bridgehead atoms. The Morgan fingerprint density at radius 1 is 1.35 bits per heavy atom. The molecule has 0 aliphatic carbocycles. The summed E-state index contributed by atoms with van der Waals surface area (Å²) in [6.07, 6.45) is -1.12. The van der Waals surface area contributed by atoms with Crippen LogP contribution in [0.1, 0.15) is 22.8 Å². The van der Waals surface area contributed by atoms with Crippen LogP contribution in [-0.4, -0.2) is 31.1 Å². The molecule has 108 valence electrons. The summed E-state index contributed by atoms with van der Waals surface area (Å²) in [6, 6.07) is 5.63. The Hall–Kier alpha value is -2.41. The lowest BCUT2D eigenvalue weighted by Crippen LogP contribution is -2.42. The Labute approximate surface area is 116 Å². The van der Waals surface area contributed by atoms with Crippen molar-refractivity contribution in [1.29, 1.82) is 0 Å². The van der Waals surface area contributed by atoms with Crippen LogP contribution in [0.25, 0.3) is 0 Å². The fourth-order valence-corrected chi connectivity index (χ4v) is 1.46. The van der Waals surface area contributed by atoms with Gasteiger partial charge in [0.15, 0.2) is 6.10 Å². The fraction of sp³-hybridized carbons (Fsp3) is 0.308. The highest BCUT2D eigenvalue weighted by Gasteiger charge is 2.20. The summed E-state index contributed by atoms with van der Waals surface area (Å²) in [4.78, 5) is 33.7. The second kappa shape index (κ2) is 7.25. The van der Waals surface area contributed by atoms with Crippen LogP contribution in [0.2, 0.25) is 0 Å². The van der Waals surface area contributed by atoms with Gasteiger partial charge < -0.3 is 15.2 Å². The Kier molecular flexibility index (Phi) is 5.67. The number of methoxy groups -OCH3 is 1. The maximum atomic E-state index is 11.8. The van der Waals surface area contributed by atoms with E-state index in [0.29, 0.717) is 12.2 Å². The van der Waals surface area contributed by atoms with Gasteiger partial charge in [-0.05, 0) is 24.6 Å². The first-order chi connectivity index (χ1) is 9.43. The second-order valence-corrected chi connectivity index (χ2v) is 4.03. The van der Waals surface area contributed by atoms with E-state index in [0.717, 1.165) is 5.56 Å². The molecule has 1 atom stereocenters. The normalized spacial score (nSPS) is 11.5. The van der Waals surface area contributed by atoms with Crippen molar-refractivity contribution in [3.05, 3.63) is 35.4 Å². The summed E-state index contributed by atoms with van der Waals surface area (Å²) >= 11 is 0. The number of urea groups is 1. The van der Waals surface area contributed by atoms with E-state index in [2.05, 4.69) is 0 Å². The highest BCUT2D eigenvalue weighted by molar-refractivity contribution is 5.98. The van der Waals surface area contributed by atoms with Crippen LogP contribution < -0.4 is 11.1 Å². The van der Waals surface area contributed by atoms with Crippen LogP contribution in [-0.2, 0) is 20.9 Å². The lowest BCUT2D eigenvalue weighted by molar-refractivity contribution is -0.127. The van der Waals surface area contributed by atoms with Crippen molar-refractivity contribution in [3.8, 4) is 0 Å². The number of nitrogens with two attached hydrogens (primary N) is 1. The number of primary amides is 1. The monoisotopic (exact) mass is 280 g/mol. The molecule has 0 aromatic heterocycles. The standard InChI is InChI=1S/C13H16N2O5/c1-8(11(16)15-13(14)18)20-12(17)10-5-3-4-9(6-10)7-19-2/h3-6,8H,7H2,1-2H3,(H3,14,15,16,18)/t8-/m0/s1. The van der Waals surface area contributed by atoms with Crippen molar-refractivity contribution in [2.45, 2.75) is 19.6 Å². The van der Waals surface area contributed by atoms with E-state index in [9.17, 15) is 14.4 Å². The molecule has 1 rings (SSSR count). The number of carbonyl (C=O) groups is 3. The third kappa shape index (κ3) is 4.69. The van der Waals surface area contributed by atoms with Gasteiger partial charge in [0.1, 0.15) is 0 Å². The first-order valence-corrected chi connectivity index (χ1v) is 5.83. The first-order valence-electron chi connectivity index (χ1n) is 5.83. The minimum atomic E-state index is -1.12. The van der Waals surface area contributed by atoms with Gasteiger partial charge in [0.25, 0.3) is 5.91 Å². The number of benzene rings is 1. The first kappa shape index (κ1) is 15.6. The predicted molar refractivity (Wildman–Crippen MR) is 69.8 cm³/mol. The van der Waals surface area contributed by atoms with Crippen molar-refractivity contribution >= 4 is 17.9 Å². The molecular weight excluding hydrogens is 264 g/mol. The van der Waals surface area contributed by atoms with Gasteiger partial charge in [0.05, 0.1) is 12.2 Å². The highest BCUT2D eigenvalue weighted by Crippen LogP contribution is 2.09. The van der Waals surface area contributed by atoms with E-state index in [1.807, 2.05) is 5.32 Å². The second-order valence-electron chi connectivity index (χ2n) is 4.03. The van der Waals surface area contributed by atoms with Gasteiger partial charge in [0, 0.05) is 7.11 Å². The number of rotatable bonds is 5. The third-order valence-electron chi connectivity index (χ3n) is 2.37. The van der Waals surface area contributed by atoms with E-state index in [1.54, 1.807) is 31.4 Å². The molecule has 7 nitrogen and oxygen atoms in total. The summed E-state index contributed by atoms with van der Waals surface area (Å²) < 4.78 is 9.89. The molecule has 20 heavy (non-hydrogen) atoms. The predicted octanol–water partition coefficient (Wildman–Crippen LogP) is 0.573. The van der Waals surface area contributed by atoms with Crippen LogP contribution in [0.15, 0.2) is 24.3 Å². The van der Waals surface area contributed by atoms with Crippen molar-refractivity contribution < 1.29 is 23.9 Å². The minimum Gasteiger partial charge on any atom is -0.449 e. The van der Waals surface area contributed by atoms with Gasteiger partial charge in [0.2, 0.25) is 0 Å². The molecule has 3 amide bonds. The number of ether oxygens (including phenoxy) is 2. The zero-order valence-corrected chi connectivity index (χ0v) is 11.2. The number of hydrogen-bond acceptors (Lipinski definition) is 5. The number of hydrogen-bond donors (Lipinski definition) is 2. The molecular formula is C13H16N2O5. The Balaban J connectivity index is 2.68. The fourth-order valence-electron chi connectivity index (χ4n) is 1.46. The van der Waals surface area contributed by atoms with Crippen molar-refractivity contribution in [2.24, 2.45) is 5.73 Å². The van der Waals surface area contributed by atoms with Crippen LogP contribution in [0.4, 0.5) is 4.79 Å². The lowest BCUT2D eigenvalue weighted by atomic mass is 10.1.